The normalized spacial score (nSPS) is 14.7. The van der Waals surface area contributed by atoms with E-state index in [4.69, 9.17) is 15.2 Å². The lowest BCUT2D eigenvalue weighted by Gasteiger charge is -2.21. The fourth-order valence-electron chi connectivity index (χ4n) is 2.34. The van der Waals surface area contributed by atoms with E-state index in [-0.39, 0.29) is 5.54 Å². The molecule has 0 bridgehead atoms. The monoisotopic (exact) mass is 258 g/mol. The predicted octanol–water partition coefficient (Wildman–Crippen LogP) is 2.29. The van der Waals surface area contributed by atoms with Gasteiger partial charge in [0.05, 0.1) is 5.69 Å². The van der Waals surface area contributed by atoms with E-state index in [0.29, 0.717) is 13.2 Å². The van der Waals surface area contributed by atoms with Crippen molar-refractivity contribution < 1.29 is 9.47 Å². The van der Waals surface area contributed by atoms with Crippen molar-refractivity contribution in [1.29, 1.82) is 0 Å². The second kappa shape index (κ2) is 4.38. The largest absolute Gasteiger partial charge is 0.486 e. The number of hydrogen-bond donors (Lipinski definition) is 1. The molecule has 1 aromatic carbocycles. The average molecular weight is 258 g/mol. The van der Waals surface area contributed by atoms with Crippen LogP contribution >= 0.6 is 0 Å². The van der Waals surface area contributed by atoms with Crippen LogP contribution in [0.15, 0.2) is 24.4 Å². The summed E-state index contributed by atoms with van der Waals surface area (Å²) in [6.45, 7) is 5.21. The molecule has 0 amide bonds. The van der Waals surface area contributed by atoms with Gasteiger partial charge in [0.1, 0.15) is 13.2 Å². The second-order valence-corrected chi connectivity index (χ2v) is 5.64. The van der Waals surface area contributed by atoms with Crippen molar-refractivity contribution in [3.63, 3.8) is 0 Å². The zero-order valence-electron chi connectivity index (χ0n) is 11.3. The first-order chi connectivity index (χ1) is 9.03. The third-order valence-electron chi connectivity index (χ3n) is 3.13. The minimum atomic E-state index is -0.283. The van der Waals surface area contributed by atoms with Gasteiger partial charge in [0.2, 0.25) is 0 Å². The molecule has 2 N–H and O–H groups in total. The van der Waals surface area contributed by atoms with Crippen LogP contribution in [-0.2, 0) is 6.42 Å². The van der Waals surface area contributed by atoms with Gasteiger partial charge < -0.3 is 15.2 Å². The molecular weight excluding hydrogens is 240 g/mol. The first-order valence-electron chi connectivity index (χ1n) is 6.49. The zero-order valence-corrected chi connectivity index (χ0v) is 11.3. The van der Waals surface area contributed by atoms with Crippen LogP contribution < -0.4 is 15.2 Å². The number of rotatable bonds is 2. The number of aromatic nitrogens is 1. The molecule has 0 unspecified atom stereocenters. The molecule has 19 heavy (non-hydrogen) atoms. The number of hydrogen-bond acceptors (Lipinski definition) is 4. The summed E-state index contributed by atoms with van der Waals surface area (Å²) in [6, 6.07) is 6.01. The lowest BCUT2D eigenvalue weighted by molar-refractivity contribution is 0.172. The van der Waals surface area contributed by atoms with Gasteiger partial charge >= 0.3 is 0 Å². The lowest BCUT2D eigenvalue weighted by atomic mass is 9.96. The van der Waals surface area contributed by atoms with E-state index in [1.54, 1.807) is 0 Å². The molecule has 0 spiro atoms. The minimum absolute atomic E-state index is 0.283. The Kier molecular flexibility index (Phi) is 2.82. The summed E-state index contributed by atoms with van der Waals surface area (Å²) in [6.07, 6.45) is 2.55. The van der Waals surface area contributed by atoms with Crippen LogP contribution in [0.5, 0.6) is 11.5 Å². The molecule has 1 aliphatic rings. The Bertz CT molecular complexity index is 617. The Balaban J connectivity index is 2.13. The first kappa shape index (κ1) is 12.2. The number of ether oxygens (including phenoxy) is 2. The molecule has 1 aromatic heterocycles. The van der Waals surface area contributed by atoms with Crippen LogP contribution in [0, 0.1) is 0 Å². The first-order valence-corrected chi connectivity index (χ1v) is 6.49. The van der Waals surface area contributed by atoms with Gasteiger partial charge in [0.15, 0.2) is 11.5 Å². The Hall–Kier alpha value is -1.81. The van der Waals surface area contributed by atoms with E-state index in [1.807, 2.05) is 38.2 Å². The van der Waals surface area contributed by atoms with Gasteiger partial charge in [0.25, 0.3) is 0 Å². The van der Waals surface area contributed by atoms with Gasteiger partial charge in [-0.1, -0.05) is 0 Å². The molecule has 0 aliphatic carbocycles. The highest BCUT2D eigenvalue weighted by atomic mass is 16.6. The van der Waals surface area contributed by atoms with Crippen molar-refractivity contribution in [2.24, 2.45) is 5.73 Å². The van der Waals surface area contributed by atoms with Crippen LogP contribution in [0.25, 0.3) is 10.8 Å². The molecule has 0 fully saturated rings. The number of fused-ring (bicyclic) bond motifs is 2. The quantitative estimate of drug-likeness (QED) is 0.898. The van der Waals surface area contributed by atoms with Crippen molar-refractivity contribution in [3.8, 4) is 11.5 Å². The molecule has 2 heterocycles. The summed E-state index contributed by atoms with van der Waals surface area (Å²) >= 11 is 0. The van der Waals surface area contributed by atoms with E-state index in [9.17, 15) is 0 Å². The van der Waals surface area contributed by atoms with Crippen LogP contribution in [-0.4, -0.2) is 23.7 Å². The summed E-state index contributed by atoms with van der Waals surface area (Å²) in [7, 11) is 0. The van der Waals surface area contributed by atoms with Gasteiger partial charge in [0, 0.05) is 23.5 Å². The summed E-state index contributed by atoms with van der Waals surface area (Å²) < 4.78 is 11.2. The van der Waals surface area contributed by atoms with Gasteiger partial charge in [-0.25, -0.2) is 0 Å². The molecule has 4 heteroatoms. The highest BCUT2D eigenvalue weighted by Crippen LogP contribution is 2.35. The Morgan fingerprint density at radius 3 is 2.58 bits per heavy atom. The second-order valence-electron chi connectivity index (χ2n) is 5.64. The molecule has 3 rings (SSSR count). The van der Waals surface area contributed by atoms with Gasteiger partial charge in [-0.05, 0) is 37.4 Å². The maximum atomic E-state index is 6.10. The summed E-state index contributed by atoms with van der Waals surface area (Å²) in [5, 5.41) is 2.20. The topological polar surface area (TPSA) is 57.4 Å². The van der Waals surface area contributed by atoms with E-state index < -0.39 is 0 Å². The van der Waals surface area contributed by atoms with Gasteiger partial charge in [-0.3, -0.25) is 4.98 Å². The maximum absolute atomic E-state index is 6.10. The summed E-state index contributed by atoms with van der Waals surface area (Å²) in [5.41, 5.74) is 6.82. The number of nitrogens with zero attached hydrogens (tertiary/aromatic N) is 1. The van der Waals surface area contributed by atoms with Crippen LogP contribution in [0.3, 0.4) is 0 Å². The van der Waals surface area contributed by atoms with Crippen molar-refractivity contribution in [3.05, 3.63) is 30.1 Å². The molecule has 1 aliphatic heterocycles. The number of benzene rings is 1. The number of nitrogens with two attached hydrogens (primary N) is 1. The van der Waals surface area contributed by atoms with Crippen molar-refractivity contribution >= 4 is 10.8 Å². The zero-order chi connectivity index (χ0) is 13.5. The van der Waals surface area contributed by atoms with E-state index in [2.05, 4.69) is 4.98 Å². The van der Waals surface area contributed by atoms with Crippen LogP contribution in [0.4, 0.5) is 0 Å². The molecule has 0 atom stereocenters. The highest BCUT2D eigenvalue weighted by Gasteiger charge is 2.18. The average Bonchev–Trinajstić information content (AvgIpc) is 2.35. The molecule has 4 nitrogen and oxygen atoms in total. The van der Waals surface area contributed by atoms with E-state index in [1.165, 1.54) is 0 Å². The minimum Gasteiger partial charge on any atom is -0.486 e. The summed E-state index contributed by atoms with van der Waals surface area (Å²) in [4.78, 5) is 4.46. The molecule has 100 valence electrons. The Morgan fingerprint density at radius 2 is 1.89 bits per heavy atom. The fraction of sp³-hybridized carbons (Fsp3) is 0.400. The maximum Gasteiger partial charge on any atom is 0.162 e. The lowest BCUT2D eigenvalue weighted by Crippen LogP contribution is -2.34. The predicted molar refractivity (Wildman–Crippen MR) is 74.7 cm³/mol. The molecule has 0 radical (unpaired) electrons. The fourth-order valence-corrected chi connectivity index (χ4v) is 2.34. The highest BCUT2D eigenvalue weighted by molar-refractivity contribution is 5.88. The third kappa shape index (κ3) is 2.49. The van der Waals surface area contributed by atoms with E-state index in [0.717, 1.165) is 34.4 Å². The van der Waals surface area contributed by atoms with Crippen LogP contribution in [0.1, 0.15) is 19.5 Å². The molecule has 0 saturated heterocycles. The standard InChI is InChI=1S/C15H18N2O2/c1-15(2,16)9-12-11-8-14-13(18-5-6-19-14)7-10(11)3-4-17-12/h3-4,7-8H,5-6,9,16H2,1-2H3. The number of pyridine rings is 1. The molecular formula is C15H18N2O2. The van der Waals surface area contributed by atoms with Crippen molar-refractivity contribution in [2.75, 3.05) is 13.2 Å². The van der Waals surface area contributed by atoms with Crippen LogP contribution in [0.2, 0.25) is 0 Å². The van der Waals surface area contributed by atoms with Gasteiger partial charge in [-0.2, -0.15) is 0 Å². The Morgan fingerprint density at radius 1 is 1.21 bits per heavy atom. The smallest absolute Gasteiger partial charge is 0.162 e. The van der Waals surface area contributed by atoms with E-state index >= 15 is 0 Å². The van der Waals surface area contributed by atoms with Gasteiger partial charge in [-0.15, -0.1) is 0 Å². The van der Waals surface area contributed by atoms with Crippen molar-refractivity contribution in [1.82, 2.24) is 4.98 Å². The third-order valence-corrected chi connectivity index (χ3v) is 3.13. The SMILES string of the molecule is CC(C)(N)Cc1nccc2cc3c(cc12)OCCO3. The van der Waals surface area contributed by atoms with Crippen molar-refractivity contribution in [2.45, 2.75) is 25.8 Å². The molecule has 0 saturated carbocycles. The molecule has 2 aromatic rings. The summed E-state index contributed by atoms with van der Waals surface area (Å²) in [5.74, 6) is 1.60. The Labute approximate surface area is 112 Å².